The van der Waals surface area contributed by atoms with Crippen LogP contribution in [0.1, 0.15) is 11.1 Å². The second kappa shape index (κ2) is 5.76. The number of anilines is 1. The summed E-state index contributed by atoms with van der Waals surface area (Å²) in [7, 11) is 0. The molecule has 0 aliphatic heterocycles. The van der Waals surface area contributed by atoms with Crippen LogP contribution < -0.4 is 5.32 Å². The summed E-state index contributed by atoms with van der Waals surface area (Å²) in [5.41, 5.74) is 2.29. The molecule has 0 radical (unpaired) electrons. The molecule has 0 bridgehead atoms. The second-order valence-electron chi connectivity index (χ2n) is 4.32. The molecule has 0 heterocycles. The van der Waals surface area contributed by atoms with Crippen molar-refractivity contribution >= 4 is 23.2 Å². The molecule has 0 saturated heterocycles. The van der Waals surface area contributed by atoms with Crippen LogP contribution in [0.3, 0.4) is 0 Å². The number of nitrogens with one attached hydrogen (secondary N) is 1. The molecule has 0 unspecified atom stereocenters. The number of phenols is 1. The molecule has 3 nitrogen and oxygen atoms in total. The lowest BCUT2D eigenvalue weighted by molar-refractivity contribution is -0.115. The maximum Gasteiger partial charge on any atom is 0.228 e. The summed E-state index contributed by atoms with van der Waals surface area (Å²) in [5.74, 6) is 0.0449. The number of carbonyl (C=O) groups excluding carboxylic acids is 1. The highest BCUT2D eigenvalue weighted by Crippen LogP contribution is 2.21. The van der Waals surface area contributed by atoms with Crippen molar-refractivity contribution in [2.24, 2.45) is 0 Å². The summed E-state index contributed by atoms with van der Waals surface area (Å²) in [6, 6.07) is 12.1. The van der Waals surface area contributed by atoms with Crippen LogP contribution in [0, 0.1) is 6.92 Å². The third kappa shape index (κ3) is 3.48. The molecule has 4 heteroatoms. The van der Waals surface area contributed by atoms with Gasteiger partial charge in [0.1, 0.15) is 5.75 Å². The van der Waals surface area contributed by atoms with Crippen molar-refractivity contribution in [1.29, 1.82) is 0 Å². The normalized spacial score (nSPS) is 10.2. The average Bonchev–Trinajstić information content (AvgIpc) is 2.36. The van der Waals surface area contributed by atoms with E-state index in [1.807, 2.05) is 25.1 Å². The molecule has 1 amide bonds. The molecule has 2 N–H and O–H groups in total. The predicted octanol–water partition coefficient (Wildman–Crippen LogP) is 3.54. The Morgan fingerprint density at radius 2 is 2.00 bits per heavy atom. The van der Waals surface area contributed by atoms with Gasteiger partial charge in [-0.05, 0) is 42.3 Å². The van der Waals surface area contributed by atoms with Crippen molar-refractivity contribution in [2.45, 2.75) is 13.3 Å². The van der Waals surface area contributed by atoms with Gasteiger partial charge in [0.25, 0.3) is 0 Å². The van der Waals surface area contributed by atoms with Crippen LogP contribution in [0.15, 0.2) is 42.5 Å². The monoisotopic (exact) mass is 275 g/mol. The molecule has 0 spiro atoms. The number of aryl methyl sites for hydroxylation is 1. The number of rotatable bonds is 3. The van der Waals surface area contributed by atoms with Gasteiger partial charge in [-0.15, -0.1) is 0 Å². The summed E-state index contributed by atoms with van der Waals surface area (Å²) < 4.78 is 0. The number of phenolic OH excluding ortho intramolecular Hbond substituents is 1. The molecule has 0 aliphatic carbocycles. The number of benzene rings is 2. The third-order valence-corrected chi connectivity index (χ3v) is 3.16. The zero-order valence-electron chi connectivity index (χ0n) is 10.5. The SMILES string of the molecule is Cc1cc(O)ccc1NC(=O)Cc1ccccc1Cl. The fourth-order valence-corrected chi connectivity index (χ4v) is 2.00. The Hall–Kier alpha value is -2.00. The highest BCUT2D eigenvalue weighted by molar-refractivity contribution is 6.31. The summed E-state index contributed by atoms with van der Waals surface area (Å²) in [4.78, 5) is 11.9. The Bertz CT molecular complexity index is 611. The Morgan fingerprint density at radius 1 is 1.26 bits per heavy atom. The first kappa shape index (κ1) is 13.4. The van der Waals surface area contributed by atoms with Gasteiger partial charge >= 0.3 is 0 Å². The maximum absolute atomic E-state index is 11.9. The molecule has 0 saturated carbocycles. The number of aromatic hydroxyl groups is 1. The van der Waals surface area contributed by atoms with Crippen molar-refractivity contribution in [3.63, 3.8) is 0 Å². The molecule has 0 fully saturated rings. The van der Waals surface area contributed by atoms with E-state index in [1.54, 1.807) is 18.2 Å². The van der Waals surface area contributed by atoms with E-state index in [2.05, 4.69) is 5.32 Å². The Labute approximate surface area is 116 Å². The van der Waals surface area contributed by atoms with Gasteiger partial charge in [-0.25, -0.2) is 0 Å². The Balaban J connectivity index is 2.08. The van der Waals surface area contributed by atoms with Crippen molar-refractivity contribution < 1.29 is 9.90 Å². The van der Waals surface area contributed by atoms with Gasteiger partial charge in [-0.3, -0.25) is 4.79 Å². The van der Waals surface area contributed by atoms with E-state index in [4.69, 9.17) is 11.6 Å². The minimum atomic E-state index is -0.137. The first-order valence-electron chi connectivity index (χ1n) is 5.89. The number of hydrogen-bond donors (Lipinski definition) is 2. The lowest BCUT2D eigenvalue weighted by Crippen LogP contribution is -2.15. The molecule has 2 rings (SSSR count). The van der Waals surface area contributed by atoms with Gasteiger partial charge in [-0.1, -0.05) is 29.8 Å². The Kier molecular flexibility index (Phi) is 4.07. The predicted molar refractivity (Wildman–Crippen MR) is 76.6 cm³/mol. The van der Waals surface area contributed by atoms with Crippen LogP contribution in [0.2, 0.25) is 5.02 Å². The maximum atomic E-state index is 11.9. The topological polar surface area (TPSA) is 49.3 Å². The molecule has 0 aliphatic rings. The van der Waals surface area contributed by atoms with Crippen molar-refractivity contribution in [1.82, 2.24) is 0 Å². The van der Waals surface area contributed by atoms with Crippen molar-refractivity contribution in [3.05, 3.63) is 58.6 Å². The lowest BCUT2D eigenvalue weighted by atomic mass is 10.1. The van der Waals surface area contributed by atoms with E-state index < -0.39 is 0 Å². The van der Waals surface area contributed by atoms with E-state index in [1.165, 1.54) is 6.07 Å². The zero-order valence-corrected chi connectivity index (χ0v) is 11.2. The van der Waals surface area contributed by atoms with Gasteiger partial charge in [0.15, 0.2) is 0 Å². The lowest BCUT2D eigenvalue weighted by Gasteiger charge is -2.09. The zero-order chi connectivity index (χ0) is 13.8. The summed E-state index contributed by atoms with van der Waals surface area (Å²) >= 11 is 6.01. The highest BCUT2D eigenvalue weighted by atomic mass is 35.5. The van der Waals surface area contributed by atoms with Gasteiger partial charge in [0, 0.05) is 10.7 Å². The van der Waals surface area contributed by atoms with Crippen LogP contribution in [-0.4, -0.2) is 11.0 Å². The Morgan fingerprint density at radius 3 is 2.68 bits per heavy atom. The van der Waals surface area contributed by atoms with Gasteiger partial charge in [-0.2, -0.15) is 0 Å². The fourth-order valence-electron chi connectivity index (χ4n) is 1.80. The van der Waals surface area contributed by atoms with Gasteiger partial charge < -0.3 is 10.4 Å². The smallest absolute Gasteiger partial charge is 0.228 e. The van der Waals surface area contributed by atoms with Crippen molar-refractivity contribution in [3.8, 4) is 5.75 Å². The number of carbonyl (C=O) groups is 1. The molecule has 0 atom stereocenters. The highest BCUT2D eigenvalue weighted by Gasteiger charge is 2.08. The first-order valence-corrected chi connectivity index (χ1v) is 6.27. The van der Waals surface area contributed by atoms with Crippen LogP contribution in [-0.2, 0) is 11.2 Å². The van der Waals surface area contributed by atoms with E-state index in [0.29, 0.717) is 10.7 Å². The standard InChI is InChI=1S/C15H14ClNO2/c1-10-8-12(18)6-7-14(10)17-15(19)9-11-4-2-3-5-13(11)16/h2-8,18H,9H2,1H3,(H,17,19). The number of amides is 1. The van der Waals surface area contributed by atoms with Crippen molar-refractivity contribution in [2.75, 3.05) is 5.32 Å². The second-order valence-corrected chi connectivity index (χ2v) is 4.72. The molecule has 19 heavy (non-hydrogen) atoms. The van der Waals surface area contributed by atoms with Crippen LogP contribution in [0.5, 0.6) is 5.75 Å². The fraction of sp³-hybridized carbons (Fsp3) is 0.133. The minimum Gasteiger partial charge on any atom is -0.508 e. The van der Waals surface area contributed by atoms with Gasteiger partial charge in [0.05, 0.1) is 6.42 Å². The van der Waals surface area contributed by atoms with E-state index in [9.17, 15) is 9.90 Å². The van der Waals surface area contributed by atoms with Crippen LogP contribution in [0.25, 0.3) is 0 Å². The summed E-state index contributed by atoms with van der Waals surface area (Å²) in [5, 5.41) is 12.7. The molecular weight excluding hydrogens is 262 g/mol. The molecule has 0 aromatic heterocycles. The summed E-state index contributed by atoms with van der Waals surface area (Å²) in [6.45, 7) is 1.82. The van der Waals surface area contributed by atoms with Crippen LogP contribution >= 0.6 is 11.6 Å². The average molecular weight is 276 g/mol. The molecule has 2 aromatic carbocycles. The third-order valence-electron chi connectivity index (χ3n) is 2.79. The number of halogens is 1. The number of hydrogen-bond acceptors (Lipinski definition) is 2. The van der Waals surface area contributed by atoms with E-state index >= 15 is 0 Å². The largest absolute Gasteiger partial charge is 0.508 e. The molecule has 2 aromatic rings. The quantitative estimate of drug-likeness (QED) is 0.842. The van der Waals surface area contributed by atoms with Gasteiger partial charge in [0.2, 0.25) is 5.91 Å². The van der Waals surface area contributed by atoms with E-state index in [0.717, 1.165) is 11.1 Å². The molecular formula is C15H14ClNO2. The summed E-state index contributed by atoms with van der Waals surface area (Å²) in [6.07, 6.45) is 0.222. The molecule has 98 valence electrons. The van der Waals surface area contributed by atoms with E-state index in [-0.39, 0.29) is 18.1 Å². The first-order chi connectivity index (χ1) is 9.06. The van der Waals surface area contributed by atoms with Crippen LogP contribution in [0.4, 0.5) is 5.69 Å². The minimum absolute atomic E-state index is 0.137.